The quantitative estimate of drug-likeness (QED) is 0.803. The zero-order chi connectivity index (χ0) is 16.2. The Labute approximate surface area is 139 Å². The summed E-state index contributed by atoms with van der Waals surface area (Å²) >= 11 is 5.86. The van der Waals surface area contributed by atoms with Crippen molar-refractivity contribution in [2.45, 2.75) is 32.2 Å². The summed E-state index contributed by atoms with van der Waals surface area (Å²) < 4.78 is 5.27. The highest BCUT2D eigenvalue weighted by Gasteiger charge is 2.30. The Morgan fingerprint density at radius 1 is 1.35 bits per heavy atom. The number of hydrogen-bond acceptors (Lipinski definition) is 4. The summed E-state index contributed by atoms with van der Waals surface area (Å²) in [5, 5.41) is 4.51. The number of nitrogens with zero attached hydrogens (tertiary/aromatic N) is 3. The molecule has 23 heavy (non-hydrogen) atoms. The molecule has 1 atom stereocenters. The molecule has 0 spiro atoms. The highest BCUT2D eigenvalue weighted by molar-refractivity contribution is 6.30. The van der Waals surface area contributed by atoms with Gasteiger partial charge in [0.05, 0.1) is 0 Å². The minimum atomic E-state index is -0.132. The van der Waals surface area contributed by atoms with E-state index in [0.717, 1.165) is 24.8 Å². The van der Waals surface area contributed by atoms with Crippen LogP contribution in [0.3, 0.4) is 0 Å². The number of benzene rings is 1. The molecule has 6 heteroatoms. The second-order valence-corrected chi connectivity index (χ2v) is 6.04. The first kappa shape index (κ1) is 15.7. The van der Waals surface area contributed by atoms with Crippen molar-refractivity contribution in [1.29, 1.82) is 0 Å². The van der Waals surface area contributed by atoms with Crippen molar-refractivity contribution in [1.82, 2.24) is 15.0 Å². The predicted octanol–water partition coefficient (Wildman–Crippen LogP) is 3.80. The SMILES string of the molecule is Cc1noc(C2CCCCN2C(=O)/C=C/c2ccc(Cl)cc2)n1. The molecule has 3 rings (SSSR count). The van der Waals surface area contributed by atoms with E-state index in [9.17, 15) is 4.79 Å². The third-order valence-electron chi connectivity index (χ3n) is 3.90. The van der Waals surface area contributed by atoms with Crippen molar-refractivity contribution in [2.24, 2.45) is 0 Å². The molecular formula is C17H18ClN3O2. The van der Waals surface area contributed by atoms with Gasteiger partial charge in [-0.05, 0) is 50.0 Å². The zero-order valence-electron chi connectivity index (χ0n) is 12.9. The van der Waals surface area contributed by atoms with Crippen LogP contribution in [0, 0.1) is 6.92 Å². The monoisotopic (exact) mass is 331 g/mol. The highest BCUT2D eigenvalue weighted by atomic mass is 35.5. The third kappa shape index (κ3) is 3.79. The summed E-state index contributed by atoms with van der Waals surface area (Å²) in [6.07, 6.45) is 6.28. The number of halogens is 1. The molecule has 0 saturated carbocycles. The first-order valence-corrected chi connectivity index (χ1v) is 8.06. The lowest BCUT2D eigenvalue weighted by atomic mass is 10.0. The molecule has 1 saturated heterocycles. The summed E-state index contributed by atoms with van der Waals surface area (Å²) in [4.78, 5) is 18.6. The minimum Gasteiger partial charge on any atom is -0.337 e. The molecule has 1 fully saturated rings. The summed E-state index contributed by atoms with van der Waals surface area (Å²) in [5.41, 5.74) is 0.935. The summed E-state index contributed by atoms with van der Waals surface area (Å²) in [7, 11) is 0. The molecule has 1 amide bonds. The van der Waals surface area contributed by atoms with Gasteiger partial charge in [-0.1, -0.05) is 28.9 Å². The van der Waals surface area contributed by atoms with Gasteiger partial charge in [-0.25, -0.2) is 0 Å². The van der Waals surface area contributed by atoms with Crippen molar-refractivity contribution in [3.8, 4) is 0 Å². The van der Waals surface area contributed by atoms with Crippen LogP contribution < -0.4 is 0 Å². The summed E-state index contributed by atoms with van der Waals surface area (Å²) in [6, 6.07) is 7.22. The Morgan fingerprint density at radius 2 is 2.13 bits per heavy atom. The molecular weight excluding hydrogens is 314 g/mol. The maximum absolute atomic E-state index is 12.6. The number of aromatic nitrogens is 2. The van der Waals surface area contributed by atoms with Crippen LogP contribution in [0.2, 0.25) is 5.02 Å². The van der Waals surface area contributed by atoms with Crippen LogP contribution in [0.15, 0.2) is 34.9 Å². The molecule has 120 valence electrons. The molecule has 0 N–H and O–H groups in total. The van der Waals surface area contributed by atoms with Gasteiger partial charge in [0.1, 0.15) is 6.04 Å². The second-order valence-electron chi connectivity index (χ2n) is 5.61. The molecule has 0 bridgehead atoms. The fourth-order valence-corrected chi connectivity index (χ4v) is 2.86. The topological polar surface area (TPSA) is 59.2 Å². The number of likely N-dealkylation sites (tertiary alicyclic amines) is 1. The van der Waals surface area contributed by atoms with Crippen molar-refractivity contribution in [2.75, 3.05) is 6.54 Å². The number of carbonyl (C=O) groups excluding carboxylic acids is 1. The Morgan fingerprint density at radius 3 is 2.83 bits per heavy atom. The van der Waals surface area contributed by atoms with E-state index in [0.29, 0.717) is 23.3 Å². The molecule has 1 aliphatic heterocycles. The van der Waals surface area contributed by atoms with Crippen LogP contribution in [-0.4, -0.2) is 27.5 Å². The number of carbonyl (C=O) groups is 1. The number of aryl methyl sites for hydroxylation is 1. The number of rotatable bonds is 3. The normalized spacial score (nSPS) is 18.5. The Balaban J connectivity index is 1.74. The van der Waals surface area contributed by atoms with Gasteiger partial charge in [-0.3, -0.25) is 4.79 Å². The van der Waals surface area contributed by atoms with Crippen LogP contribution in [0.25, 0.3) is 6.08 Å². The van der Waals surface area contributed by atoms with Gasteiger partial charge < -0.3 is 9.42 Å². The van der Waals surface area contributed by atoms with Crippen LogP contribution in [0.5, 0.6) is 0 Å². The maximum Gasteiger partial charge on any atom is 0.249 e. The molecule has 2 heterocycles. The van der Waals surface area contributed by atoms with E-state index < -0.39 is 0 Å². The van der Waals surface area contributed by atoms with Gasteiger partial charge in [0.2, 0.25) is 11.8 Å². The number of piperidine rings is 1. The fourth-order valence-electron chi connectivity index (χ4n) is 2.74. The summed E-state index contributed by atoms with van der Waals surface area (Å²) in [6.45, 7) is 2.48. The number of hydrogen-bond donors (Lipinski definition) is 0. The van der Waals surface area contributed by atoms with E-state index in [-0.39, 0.29) is 11.9 Å². The smallest absolute Gasteiger partial charge is 0.249 e. The third-order valence-corrected chi connectivity index (χ3v) is 4.15. The van der Waals surface area contributed by atoms with E-state index in [2.05, 4.69) is 10.1 Å². The Hall–Kier alpha value is -2.14. The second kappa shape index (κ2) is 6.96. The van der Waals surface area contributed by atoms with Crippen molar-refractivity contribution >= 4 is 23.6 Å². The van der Waals surface area contributed by atoms with Crippen molar-refractivity contribution in [3.05, 3.63) is 52.6 Å². The Bertz CT molecular complexity index is 709. The first-order valence-electron chi connectivity index (χ1n) is 7.68. The van der Waals surface area contributed by atoms with E-state index in [1.807, 2.05) is 17.0 Å². The van der Waals surface area contributed by atoms with E-state index in [1.54, 1.807) is 31.2 Å². The molecule has 1 aromatic heterocycles. The van der Waals surface area contributed by atoms with Gasteiger partial charge in [0, 0.05) is 17.6 Å². The van der Waals surface area contributed by atoms with E-state index in [4.69, 9.17) is 16.1 Å². The highest BCUT2D eigenvalue weighted by Crippen LogP contribution is 2.30. The van der Waals surface area contributed by atoms with Crippen molar-refractivity contribution < 1.29 is 9.32 Å². The fraction of sp³-hybridized carbons (Fsp3) is 0.353. The van der Waals surface area contributed by atoms with Gasteiger partial charge in [-0.15, -0.1) is 0 Å². The van der Waals surface area contributed by atoms with Crippen molar-refractivity contribution in [3.63, 3.8) is 0 Å². The molecule has 1 aliphatic rings. The lowest BCUT2D eigenvalue weighted by molar-refractivity contribution is -0.130. The van der Waals surface area contributed by atoms with Crippen LogP contribution in [-0.2, 0) is 4.79 Å². The van der Waals surface area contributed by atoms with Crippen LogP contribution in [0.1, 0.15) is 42.6 Å². The van der Waals surface area contributed by atoms with Gasteiger partial charge in [0.15, 0.2) is 5.82 Å². The molecule has 0 aliphatic carbocycles. The van der Waals surface area contributed by atoms with E-state index >= 15 is 0 Å². The van der Waals surface area contributed by atoms with Gasteiger partial charge in [0.25, 0.3) is 0 Å². The minimum absolute atomic E-state index is 0.0412. The first-order chi connectivity index (χ1) is 11.1. The number of amides is 1. The molecule has 0 radical (unpaired) electrons. The predicted molar refractivity (Wildman–Crippen MR) is 87.8 cm³/mol. The molecule has 1 unspecified atom stereocenters. The standard InChI is InChI=1S/C17H18ClN3O2/c1-12-19-17(23-20-12)15-4-2-3-11-21(15)16(22)10-7-13-5-8-14(18)9-6-13/h5-10,15H,2-4,11H2,1H3/b10-7+. The van der Waals surface area contributed by atoms with Crippen LogP contribution in [0.4, 0.5) is 0 Å². The lowest BCUT2D eigenvalue weighted by Crippen LogP contribution is -2.37. The summed E-state index contributed by atoms with van der Waals surface area (Å²) in [5.74, 6) is 1.07. The largest absolute Gasteiger partial charge is 0.337 e. The molecule has 2 aromatic rings. The average Bonchev–Trinajstić information content (AvgIpc) is 3.00. The molecule has 5 nitrogen and oxygen atoms in total. The lowest BCUT2D eigenvalue weighted by Gasteiger charge is -2.32. The van der Waals surface area contributed by atoms with Crippen LogP contribution >= 0.6 is 11.6 Å². The Kier molecular flexibility index (Phi) is 4.76. The maximum atomic E-state index is 12.6. The van der Waals surface area contributed by atoms with Gasteiger partial charge in [-0.2, -0.15) is 4.98 Å². The van der Waals surface area contributed by atoms with E-state index in [1.165, 1.54) is 0 Å². The average molecular weight is 332 g/mol. The zero-order valence-corrected chi connectivity index (χ0v) is 13.7. The molecule has 1 aromatic carbocycles. The van der Waals surface area contributed by atoms with Gasteiger partial charge >= 0.3 is 0 Å².